The summed E-state index contributed by atoms with van der Waals surface area (Å²) in [4.78, 5) is 14.2. The minimum absolute atomic E-state index is 0.000523. The van der Waals surface area contributed by atoms with Crippen molar-refractivity contribution in [2.45, 2.75) is 5.41 Å². The molecule has 1 aromatic heterocycles. The molecule has 3 nitrogen and oxygen atoms in total. The van der Waals surface area contributed by atoms with Crippen LogP contribution in [0.2, 0.25) is 0 Å². The van der Waals surface area contributed by atoms with Gasteiger partial charge in [-0.3, -0.25) is 0 Å². The van der Waals surface area contributed by atoms with Crippen LogP contribution in [0, 0.1) is 0 Å². The molecule has 0 amide bonds. The molecule has 0 aliphatic heterocycles. The topological polar surface area (TPSA) is 38.7 Å². The average Bonchev–Trinajstić information content (AvgIpc) is 3.55. The van der Waals surface area contributed by atoms with Crippen LogP contribution in [0.25, 0.3) is 89.8 Å². The summed E-state index contributed by atoms with van der Waals surface area (Å²) in [5, 5.41) is 6.86. The zero-order valence-corrected chi connectivity index (χ0v) is 30.1. The summed E-state index contributed by atoms with van der Waals surface area (Å²) in [6.45, 7) is 0. The van der Waals surface area contributed by atoms with Gasteiger partial charge in [-0.05, 0) is 95.0 Å². The van der Waals surface area contributed by atoms with Crippen molar-refractivity contribution in [1.29, 1.82) is 0 Å². The Morgan fingerprint density at radius 2 is 0.842 bits per heavy atom. The summed E-state index contributed by atoms with van der Waals surface area (Å²) >= 11 is 0. The largest absolute Gasteiger partial charge is 0.208 e. The maximum absolute atomic E-state index is 8.88. The smallest absolute Gasteiger partial charge is 0.164 e. The van der Waals surface area contributed by atoms with Gasteiger partial charge in [0.1, 0.15) is 0 Å². The van der Waals surface area contributed by atoms with Crippen LogP contribution >= 0.6 is 0 Å². The first-order valence-corrected chi connectivity index (χ1v) is 18.7. The summed E-state index contributed by atoms with van der Waals surface area (Å²) in [7, 11) is 0. The van der Waals surface area contributed by atoms with E-state index in [-0.39, 0.29) is 28.6 Å². The lowest BCUT2D eigenvalue weighted by Gasteiger charge is -2.35. The Bertz CT molecular complexity index is 3760. The molecule has 0 fully saturated rings. The van der Waals surface area contributed by atoms with Gasteiger partial charge in [0.25, 0.3) is 0 Å². The van der Waals surface area contributed by atoms with Crippen LogP contribution in [-0.2, 0) is 5.41 Å². The molecule has 0 N–H and O–H groups in total. The zero-order chi connectivity index (χ0) is 46.2. The standard InChI is InChI=1S/C54H33N3/c1-3-16-36(17-4-1)51-55-52(37-18-5-2-6-19-37)57-53(56-51)38-30-29-35-28-27-34-15-7-13-25-47(34)54(49(35)31-38)48-26-14-12-24-43(48)46-32-44-41-22-10-8-20-39(41)40-21-9-11-23-42(40)45(44)33-50(46)54/h1-33H/i1D,2D,3D,4D,5D,6D,16D,17D,18D,19D. The number of fused-ring (bicyclic) bond motifs is 15. The van der Waals surface area contributed by atoms with Gasteiger partial charge in [-0.25, -0.2) is 15.0 Å². The highest BCUT2D eigenvalue weighted by Crippen LogP contribution is 2.60. The number of aromatic nitrogens is 3. The normalized spacial score (nSPS) is 17.5. The van der Waals surface area contributed by atoms with Crippen molar-refractivity contribution in [3.63, 3.8) is 0 Å². The second kappa shape index (κ2) is 12.3. The molecule has 1 heterocycles. The van der Waals surface area contributed by atoms with Crippen LogP contribution < -0.4 is 0 Å². The van der Waals surface area contributed by atoms with Crippen molar-refractivity contribution >= 4 is 44.5 Å². The van der Waals surface area contributed by atoms with Crippen molar-refractivity contribution in [1.82, 2.24) is 15.0 Å². The summed E-state index contributed by atoms with van der Waals surface area (Å²) in [6.07, 6.45) is 4.23. The van der Waals surface area contributed by atoms with E-state index in [2.05, 4.69) is 120 Å². The van der Waals surface area contributed by atoms with Crippen molar-refractivity contribution in [3.8, 4) is 45.3 Å². The highest BCUT2D eigenvalue weighted by molar-refractivity contribution is 6.26. The van der Waals surface area contributed by atoms with Crippen molar-refractivity contribution < 1.29 is 13.7 Å². The van der Waals surface area contributed by atoms with Gasteiger partial charge >= 0.3 is 0 Å². The predicted molar refractivity (Wildman–Crippen MR) is 235 cm³/mol. The second-order valence-electron chi connectivity index (χ2n) is 14.4. The molecule has 3 heteroatoms. The third kappa shape index (κ3) is 4.63. The molecule has 0 radical (unpaired) electrons. The van der Waals surface area contributed by atoms with Crippen LogP contribution in [0.5, 0.6) is 0 Å². The van der Waals surface area contributed by atoms with Crippen molar-refractivity contribution in [2.75, 3.05) is 0 Å². The number of benzene rings is 9. The maximum atomic E-state index is 8.88. The summed E-state index contributed by atoms with van der Waals surface area (Å²) < 4.78 is 86.0. The van der Waals surface area contributed by atoms with E-state index in [0.717, 1.165) is 71.4 Å². The molecule has 9 aromatic carbocycles. The van der Waals surface area contributed by atoms with E-state index in [1.165, 1.54) is 5.39 Å². The van der Waals surface area contributed by atoms with Crippen LogP contribution in [0.4, 0.5) is 0 Å². The fourth-order valence-corrected chi connectivity index (χ4v) is 9.18. The SMILES string of the molecule is [2H]c1c([2H])c([2H])c(-c2nc(-c3ccc4c(c3)C3(c5ccccc5C=C4)c4ccccc4-c4cc5c6ccccc6c6ccccc6c5cc43)nc(-c3c([2H])c([2H])c([2H])c([2H])c3[2H])n2)c([2H])c1[2H]. The Kier molecular flexibility index (Phi) is 5.04. The Hall–Kier alpha value is -7.49. The van der Waals surface area contributed by atoms with Crippen molar-refractivity contribution in [2.24, 2.45) is 0 Å². The van der Waals surface area contributed by atoms with E-state index in [4.69, 9.17) is 23.7 Å². The van der Waals surface area contributed by atoms with Gasteiger partial charge in [-0.1, -0.05) is 182 Å². The average molecular weight is 734 g/mol. The molecule has 1 spiro atoms. The fraction of sp³-hybridized carbons (Fsp3) is 0.0185. The summed E-state index contributed by atoms with van der Waals surface area (Å²) in [5.41, 5.74) is 7.09. The lowest BCUT2D eigenvalue weighted by atomic mass is 9.65. The molecule has 0 saturated carbocycles. The van der Waals surface area contributed by atoms with Crippen molar-refractivity contribution in [3.05, 3.63) is 221 Å². The molecule has 0 bridgehead atoms. The Labute approximate surface area is 344 Å². The van der Waals surface area contributed by atoms with Gasteiger partial charge in [0.05, 0.1) is 19.1 Å². The van der Waals surface area contributed by atoms with Gasteiger partial charge in [-0.2, -0.15) is 0 Å². The first-order chi connectivity index (χ1) is 32.4. The molecule has 264 valence electrons. The monoisotopic (exact) mass is 733 g/mol. The van der Waals surface area contributed by atoms with E-state index in [1.807, 2.05) is 24.3 Å². The molecule has 12 rings (SSSR count). The molecular weight excluding hydrogens is 691 g/mol. The quantitative estimate of drug-likeness (QED) is 0.170. The van der Waals surface area contributed by atoms with Crippen LogP contribution in [0.15, 0.2) is 188 Å². The van der Waals surface area contributed by atoms with Crippen LogP contribution in [-0.4, -0.2) is 15.0 Å². The zero-order valence-electron chi connectivity index (χ0n) is 40.1. The molecule has 57 heavy (non-hydrogen) atoms. The van der Waals surface area contributed by atoms with Crippen LogP contribution in [0.3, 0.4) is 0 Å². The molecule has 2 aliphatic rings. The summed E-state index contributed by atoms with van der Waals surface area (Å²) in [6, 6.07) is 38.5. The molecule has 1 unspecified atom stereocenters. The molecule has 0 saturated heterocycles. The van der Waals surface area contributed by atoms with Gasteiger partial charge in [0.15, 0.2) is 17.5 Å². The Morgan fingerprint density at radius 1 is 0.351 bits per heavy atom. The van der Waals surface area contributed by atoms with E-state index in [9.17, 15) is 0 Å². The maximum Gasteiger partial charge on any atom is 0.164 e. The highest BCUT2D eigenvalue weighted by atomic mass is 15.0. The molecule has 2 aliphatic carbocycles. The lowest BCUT2D eigenvalue weighted by molar-refractivity contribution is 0.767. The minimum Gasteiger partial charge on any atom is -0.208 e. The number of hydrogen-bond donors (Lipinski definition) is 0. The fourth-order valence-electron chi connectivity index (χ4n) is 9.18. The minimum atomic E-state index is -0.920. The first-order valence-electron chi connectivity index (χ1n) is 23.7. The van der Waals surface area contributed by atoms with E-state index < -0.39 is 65.8 Å². The number of nitrogens with zero attached hydrogens (tertiary/aromatic N) is 3. The van der Waals surface area contributed by atoms with Crippen LogP contribution in [0.1, 0.15) is 47.1 Å². The van der Waals surface area contributed by atoms with E-state index in [0.29, 0.717) is 5.56 Å². The third-order valence-corrected chi connectivity index (χ3v) is 11.5. The highest BCUT2D eigenvalue weighted by Gasteiger charge is 2.49. The number of rotatable bonds is 3. The Balaban J connectivity index is 1.20. The third-order valence-electron chi connectivity index (χ3n) is 11.5. The van der Waals surface area contributed by atoms with E-state index >= 15 is 0 Å². The predicted octanol–water partition coefficient (Wildman–Crippen LogP) is 13.2. The molecule has 10 aromatic rings. The summed E-state index contributed by atoms with van der Waals surface area (Å²) in [5.74, 6) is -0.637. The molecule has 1 atom stereocenters. The second-order valence-corrected chi connectivity index (χ2v) is 14.4. The van der Waals surface area contributed by atoms with E-state index in [1.54, 1.807) is 0 Å². The van der Waals surface area contributed by atoms with Gasteiger partial charge in [0, 0.05) is 16.7 Å². The lowest BCUT2D eigenvalue weighted by Crippen LogP contribution is -2.30. The Morgan fingerprint density at radius 3 is 1.47 bits per heavy atom. The first kappa shape index (κ1) is 23.4. The van der Waals surface area contributed by atoms with Gasteiger partial charge in [0.2, 0.25) is 0 Å². The van der Waals surface area contributed by atoms with Gasteiger partial charge in [-0.15, -0.1) is 0 Å². The van der Waals surface area contributed by atoms with Gasteiger partial charge < -0.3 is 0 Å². The molecular formula is C54H33N3. The number of hydrogen-bond acceptors (Lipinski definition) is 3.